The van der Waals surface area contributed by atoms with Crippen molar-refractivity contribution in [2.75, 3.05) is 26.2 Å². The Morgan fingerprint density at radius 2 is 1.92 bits per heavy atom. The lowest BCUT2D eigenvalue weighted by atomic mass is 9.76. The first-order valence-corrected chi connectivity index (χ1v) is 8.56. The van der Waals surface area contributed by atoms with Gasteiger partial charge in [0.15, 0.2) is 0 Å². The molecule has 1 atom stereocenters. The van der Waals surface area contributed by atoms with Gasteiger partial charge in [0, 0.05) is 31.1 Å². The molecular weight excluding hydrogens is 322 g/mol. The molecule has 25 heavy (non-hydrogen) atoms. The maximum Gasteiger partial charge on any atom is 0.410 e. The molecule has 0 N–H and O–H groups in total. The molecule has 0 saturated carbocycles. The summed E-state index contributed by atoms with van der Waals surface area (Å²) in [4.78, 5) is 27.2. The minimum Gasteiger partial charge on any atom is -0.444 e. The Hall–Kier alpha value is -2.15. The fourth-order valence-electron chi connectivity index (χ4n) is 3.79. The Bertz CT molecular complexity index is 650. The summed E-state index contributed by atoms with van der Waals surface area (Å²) in [7, 11) is 0. The number of amides is 1. The lowest BCUT2D eigenvalue weighted by Gasteiger charge is -2.47. The van der Waals surface area contributed by atoms with Gasteiger partial charge in [0.1, 0.15) is 5.60 Å². The molecular formula is C18H25N3O4. The van der Waals surface area contributed by atoms with Crippen LogP contribution in [0.2, 0.25) is 0 Å². The molecule has 2 aliphatic rings. The van der Waals surface area contributed by atoms with Crippen LogP contribution in [0.25, 0.3) is 0 Å². The van der Waals surface area contributed by atoms with E-state index in [0.29, 0.717) is 32.7 Å². The highest BCUT2D eigenvalue weighted by Gasteiger charge is 2.61. The fraction of sp³-hybridized carbons (Fsp3) is 0.611. The van der Waals surface area contributed by atoms with Crippen LogP contribution >= 0.6 is 0 Å². The number of likely N-dealkylation sites (tertiary alicyclic amines) is 2. The number of ether oxygens (including phenoxy) is 1. The third-order valence-corrected chi connectivity index (χ3v) is 4.84. The van der Waals surface area contributed by atoms with Gasteiger partial charge >= 0.3 is 6.09 Å². The van der Waals surface area contributed by atoms with E-state index in [1.807, 2.05) is 51.1 Å². The smallest absolute Gasteiger partial charge is 0.410 e. The van der Waals surface area contributed by atoms with E-state index < -0.39 is 17.1 Å². The third-order valence-electron chi connectivity index (χ3n) is 4.84. The van der Waals surface area contributed by atoms with Crippen molar-refractivity contribution in [1.29, 1.82) is 0 Å². The minimum absolute atomic E-state index is 0.183. The largest absolute Gasteiger partial charge is 0.444 e. The summed E-state index contributed by atoms with van der Waals surface area (Å²) in [6, 6.07) is 9.31. The fourth-order valence-corrected chi connectivity index (χ4v) is 3.79. The number of hydrogen-bond donors (Lipinski definition) is 0. The second-order valence-electron chi connectivity index (χ2n) is 8.16. The lowest BCUT2D eigenvalue weighted by Crippen LogP contribution is -2.65. The van der Waals surface area contributed by atoms with Gasteiger partial charge in [-0.15, -0.1) is 0 Å². The molecule has 0 radical (unpaired) electrons. The molecule has 3 rings (SSSR count). The Morgan fingerprint density at radius 1 is 1.28 bits per heavy atom. The van der Waals surface area contributed by atoms with Crippen molar-refractivity contribution in [3.63, 3.8) is 0 Å². The third kappa shape index (κ3) is 3.76. The van der Waals surface area contributed by atoms with E-state index in [1.54, 1.807) is 4.90 Å². The van der Waals surface area contributed by atoms with Crippen LogP contribution in [0.4, 0.5) is 4.79 Å². The van der Waals surface area contributed by atoms with E-state index in [9.17, 15) is 14.9 Å². The van der Waals surface area contributed by atoms with E-state index >= 15 is 0 Å². The van der Waals surface area contributed by atoms with Crippen LogP contribution in [0.1, 0.15) is 26.3 Å². The molecule has 1 aromatic rings. The molecule has 1 aromatic carbocycles. The zero-order chi connectivity index (χ0) is 18.2. The van der Waals surface area contributed by atoms with Crippen molar-refractivity contribution in [2.24, 2.45) is 5.41 Å². The maximum absolute atomic E-state index is 12.2. The van der Waals surface area contributed by atoms with Gasteiger partial charge in [0.05, 0.1) is 12.0 Å². The van der Waals surface area contributed by atoms with Crippen LogP contribution in [0.5, 0.6) is 0 Å². The van der Waals surface area contributed by atoms with E-state index in [-0.39, 0.29) is 11.0 Å². The Morgan fingerprint density at radius 3 is 2.48 bits per heavy atom. The summed E-state index contributed by atoms with van der Waals surface area (Å²) in [5.74, 6) is 0. The summed E-state index contributed by atoms with van der Waals surface area (Å²) >= 11 is 0. The summed E-state index contributed by atoms with van der Waals surface area (Å²) in [6.45, 7) is 7.97. The number of nitro groups is 1. The number of carbonyl (C=O) groups is 1. The molecule has 7 heteroatoms. The topological polar surface area (TPSA) is 75.9 Å². The number of rotatable bonds is 3. The second-order valence-corrected chi connectivity index (χ2v) is 8.16. The van der Waals surface area contributed by atoms with Gasteiger partial charge in [-0.05, 0) is 26.3 Å². The van der Waals surface area contributed by atoms with Gasteiger partial charge in [-0.1, -0.05) is 30.3 Å². The quantitative estimate of drug-likeness (QED) is 0.620. The Labute approximate surface area is 147 Å². The molecule has 1 amide bonds. The van der Waals surface area contributed by atoms with Crippen LogP contribution < -0.4 is 0 Å². The lowest BCUT2D eigenvalue weighted by molar-refractivity contribution is -0.539. The van der Waals surface area contributed by atoms with Gasteiger partial charge in [-0.3, -0.25) is 15.0 Å². The highest BCUT2D eigenvalue weighted by Crippen LogP contribution is 2.42. The van der Waals surface area contributed by atoms with Gasteiger partial charge in [-0.2, -0.15) is 0 Å². The molecule has 1 unspecified atom stereocenters. The zero-order valence-electron chi connectivity index (χ0n) is 15.0. The van der Waals surface area contributed by atoms with Crippen molar-refractivity contribution in [1.82, 2.24) is 9.80 Å². The average molecular weight is 347 g/mol. The predicted octanol–water partition coefficient (Wildman–Crippen LogP) is 2.38. The Kier molecular flexibility index (Phi) is 4.45. The summed E-state index contributed by atoms with van der Waals surface area (Å²) in [5.41, 5.74) is 0.122. The van der Waals surface area contributed by atoms with Crippen molar-refractivity contribution >= 4 is 6.09 Å². The molecule has 0 aliphatic carbocycles. The first kappa shape index (κ1) is 17.7. The van der Waals surface area contributed by atoms with Crippen LogP contribution in [-0.2, 0) is 11.3 Å². The minimum atomic E-state index is -0.644. The van der Waals surface area contributed by atoms with Crippen LogP contribution in [0.15, 0.2) is 30.3 Å². The highest BCUT2D eigenvalue weighted by molar-refractivity contribution is 5.69. The molecule has 136 valence electrons. The van der Waals surface area contributed by atoms with Gasteiger partial charge in [-0.25, -0.2) is 4.79 Å². The second kappa shape index (κ2) is 6.29. The number of nitrogens with zero attached hydrogens (tertiary/aromatic N) is 3. The maximum atomic E-state index is 12.2. The van der Waals surface area contributed by atoms with Crippen molar-refractivity contribution in [2.45, 2.75) is 39.0 Å². The van der Waals surface area contributed by atoms with Crippen LogP contribution in [0, 0.1) is 15.5 Å². The SMILES string of the molecule is CC(C)(C)OC(=O)N1CC2(CN(Cc3ccccc3)CC2[N+](=O)[O-])C1. The molecule has 0 bridgehead atoms. The van der Waals surface area contributed by atoms with Gasteiger partial charge < -0.3 is 9.64 Å². The average Bonchev–Trinajstić information content (AvgIpc) is 2.84. The normalized spacial score (nSPS) is 22.7. The summed E-state index contributed by atoms with van der Waals surface area (Å²) in [6.07, 6.45) is -0.387. The summed E-state index contributed by atoms with van der Waals surface area (Å²) in [5, 5.41) is 11.6. The van der Waals surface area contributed by atoms with E-state index in [0.717, 1.165) is 5.56 Å². The van der Waals surface area contributed by atoms with Gasteiger partial charge in [0.25, 0.3) is 0 Å². The highest BCUT2D eigenvalue weighted by atomic mass is 16.6. The van der Waals surface area contributed by atoms with Crippen LogP contribution in [0.3, 0.4) is 0 Å². The molecule has 2 fully saturated rings. The summed E-state index contributed by atoms with van der Waals surface area (Å²) < 4.78 is 5.37. The molecule has 2 heterocycles. The van der Waals surface area contributed by atoms with Crippen molar-refractivity contribution in [3.8, 4) is 0 Å². The van der Waals surface area contributed by atoms with Crippen LogP contribution in [-0.4, -0.2) is 58.6 Å². The standard InChI is InChI=1S/C18H25N3O4/c1-17(2,3)25-16(22)20-12-18(13-20)11-19(10-15(18)21(23)24)9-14-7-5-4-6-8-14/h4-8,15H,9-13H2,1-3H3. The molecule has 1 spiro atoms. The molecule has 2 aliphatic heterocycles. The number of hydrogen-bond acceptors (Lipinski definition) is 5. The number of carbonyl (C=O) groups excluding carboxylic acids is 1. The van der Waals surface area contributed by atoms with Gasteiger partial charge in [0.2, 0.25) is 6.04 Å². The van der Waals surface area contributed by atoms with Crippen molar-refractivity contribution in [3.05, 3.63) is 46.0 Å². The number of benzene rings is 1. The zero-order valence-corrected chi connectivity index (χ0v) is 15.0. The Balaban J connectivity index is 1.65. The van der Waals surface area contributed by atoms with E-state index in [2.05, 4.69) is 4.90 Å². The first-order valence-electron chi connectivity index (χ1n) is 8.56. The monoisotopic (exact) mass is 347 g/mol. The molecule has 7 nitrogen and oxygen atoms in total. The van der Waals surface area contributed by atoms with E-state index in [4.69, 9.17) is 4.74 Å². The molecule has 2 saturated heterocycles. The predicted molar refractivity (Wildman–Crippen MR) is 92.7 cm³/mol. The first-order chi connectivity index (χ1) is 11.7. The van der Waals surface area contributed by atoms with Crippen molar-refractivity contribution < 1.29 is 14.5 Å². The molecule has 0 aromatic heterocycles. The van der Waals surface area contributed by atoms with E-state index in [1.165, 1.54) is 0 Å².